The summed E-state index contributed by atoms with van der Waals surface area (Å²) in [5.41, 5.74) is -0.00812. The Morgan fingerprint density at radius 2 is 1.67 bits per heavy atom. The van der Waals surface area contributed by atoms with Crippen LogP contribution in [0.4, 0.5) is 4.79 Å². The predicted octanol–water partition coefficient (Wildman–Crippen LogP) is 0.994. The highest BCUT2D eigenvalue weighted by Gasteiger charge is 3.10. The van der Waals surface area contributed by atoms with Gasteiger partial charge in [-0.25, -0.2) is 4.79 Å². The van der Waals surface area contributed by atoms with Crippen LogP contribution in [0.3, 0.4) is 0 Å². The van der Waals surface area contributed by atoms with E-state index in [2.05, 4.69) is 5.32 Å². The summed E-state index contributed by atoms with van der Waals surface area (Å²) in [6.07, 6.45) is -0.253. The van der Waals surface area contributed by atoms with E-state index in [9.17, 15) is 9.90 Å². The Labute approximate surface area is 106 Å². The predicted molar refractivity (Wildman–Crippen MR) is 62.6 cm³/mol. The molecule has 6 rings (SSSR count). The molecule has 0 aromatic heterocycles. The van der Waals surface area contributed by atoms with E-state index in [-0.39, 0.29) is 11.6 Å². The Morgan fingerprint density at radius 1 is 1.17 bits per heavy atom. The molecule has 6 aliphatic carbocycles. The van der Waals surface area contributed by atoms with E-state index in [1.54, 1.807) is 0 Å². The first-order valence-corrected chi connectivity index (χ1v) is 7.01. The number of rotatable bonds is 2. The van der Waals surface area contributed by atoms with Crippen molar-refractivity contribution in [2.45, 2.75) is 31.9 Å². The van der Waals surface area contributed by atoms with Crippen molar-refractivity contribution < 1.29 is 14.6 Å². The van der Waals surface area contributed by atoms with E-state index < -0.39 is 5.60 Å². The second kappa shape index (κ2) is 2.21. The van der Waals surface area contributed by atoms with Gasteiger partial charge in [-0.15, -0.1) is 0 Å². The van der Waals surface area contributed by atoms with Crippen molar-refractivity contribution in [2.24, 2.45) is 40.9 Å². The molecule has 6 fully saturated rings. The van der Waals surface area contributed by atoms with Crippen molar-refractivity contribution >= 4 is 6.09 Å². The van der Waals surface area contributed by atoms with Gasteiger partial charge < -0.3 is 15.2 Å². The minimum Gasteiger partial charge on any atom is -0.444 e. The first-order valence-electron chi connectivity index (χ1n) is 7.01. The van der Waals surface area contributed by atoms with Gasteiger partial charge in [0.05, 0.1) is 5.54 Å². The lowest BCUT2D eigenvalue weighted by molar-refractivity contribution is -0.628. The smallest absolute Gasteiger partial charge is 0.408 e. The van der Waals surface area contributed by atoms with Crippen molar-refractivity contribution in [1.29, 1.82) is 0 Å². The summed E-state index contributed by atoms with van der Waals surface area (Å²) in [5.74, 6) is 4.15. The van der Waals surface area contributed by atoms with Gasteiger partial charge in [0.15, 0.2) is 0 Å². The van der Waals surface area contributed by atoms with Crippen molar-refractivity contribution in [2.75, 3.05) is 6.61 Å². The van der Waals surface area contributed by atoms with Crippen LogP contribution in [0.15, 0.2) is 0 Å². The van der Waals surface area contributed by atoms with Crippen LogP contribution in [0, 0.1) is 40.9 Å². The number of carbonyl (C=O) groups excluding carboxylic acids is 1. The highest BCUT2D eigenvalue weighted by Crippen LogP contribution is 3.06. The molecule has 0 aromatic rings. The van der Waals surface area contributed by atoms with Gasteiger partial charge in [0.25, 0.3) is 0 Å². The molecule has 0 aromatic carbocycles. The van der Waals surface area contributed by atoms with Gasteiger partial charge in [0, 0.05) is 12.0 Å². The normalized spacial score (nSPS) is 63.3. The lowest BCUT2D eigenvalue weighted by Gasteiger charge is -3.10. The number of nitrogens with one attached hydrogen (secondary N) is 1. The molecule has 0 bridgehead atoms. The van der Waals surface area contributed by atoms with Crippen LogP contribution in [0.25, 0.3) is 0 Å². The fourth-order valence-corrected chi connectivity index (χ4v) is 6.80. The lowest BCUT2D eigenvalue weighted by Crippen LogP contribution is -3.15. The third-order valence-electron chi connectivity index (χ3n) is 6.83. The maximum atomic E-state index is 11.9. The third-order valence-corrected chi connectivity index (χ3v) is 6.83. The minimum atomic E-state index is -0.421. The monoisotopic (exact) mass is 249 g/mol. The SMILES string of the molecule is CC(C)(C)OC(=O)NC12C3C4C1C1C2C3C41CO. The van der Waals surface area contributed by atoms with Gasteiger partial charge in [-0.05, 0) is 56.3 Å². The van der Waals surface area contributed by atoms with Crippen LogP contribution < -0.4 is 5.32 Å². The second-order valence-electron chi connectivity index (χ2n) is 7.99. The van der Waals surface area contributed by atoms with Crippen molar-refractivity contribution in [3.05, 3.63) is 0 Å². The second-order valence-corrected chi connectivity index (χ2v) is 7.99. The molecule has 0 unspecified atom stereocenters. The fourth-order valence-electron chi connectivity index (χ4n) is 6.80. The number of hydrogen-bond acceptors (Lipinski definition) is 3. The first-order chi connectivity index (χ1) is 8.39. The summed E-state index contributed by atoms with van der Waals surface area (Å²) in [6.45, 7) is 6.06. The fraction of sp³-hybridized carbons (Fsp3) is 0.929. The summed E-state index contributed by atoms with van der Waals surface area (Å²) >= 11 is 0. The summed E-state index contributed by atoms with van der Waals surface area (Å²) in [6, 6.07) is 0. The highest BCUT2D eigenvalue weighted by molar-refractivity contribution is 5.73. The van der Waals surface area contributed by atoms with Crippen LogP contribution in [0.5, 0.6) is 0 Å². The first kappa shape index (κ1) is 10.1. The van der Waals surface area contributed by atoms with E-state index in [0.29, 0.717) is 29.8 Å². The molecule has 0 radical (unpaired) electrons. The number of carbonyl (C=O) groups is 1. The maximum Gasteiger partial charge on any atom is 0.408 e. The molecule has 4 nitrogen and oxygen atoms in total. The molecule has 0 heterocycles. The Hall–Kier alpha value is -0.770. The molecule has 2 N–H and O–H groups in total. The Morgan fingerprint density at radius 3 is 2.06 bits per heavy atom. The minimum absolute atomic E-state index is 0.0965. The Balaban J connectivity index is 1.32. The van der Waals surface area contributed by atoms with Crippen molar-refractivity contribution in [3.63, 3.8) is 0 Å². The van der Waals surface area contributed by atoms with Crippen LogP contribution in [0.2, 0.25) is 0 Å². The molecule has 0 aliphatic heterocycles. The van der Waals surface area contributed by atoms with E-state index in [4.69, 9.17) is 4.74 Å². The zero-order valence-electron chi connectivity index (χ0n) is 10.9. The molecule has 4 heteroatoms. The lowest BCUT2D eigenvalue weighted by atomic mass is 8.94. The van der Waals surface area contributed by atoms with Crippen molar-refractivity contribution in [3.8, 4) is 0 Å². The number of ether oxygens (including phenoxy) is 1. The topological polar surface area (TPSA) is 58.6 Å². The number of alkyl carbamates (subject to hydrolysis) is 1. The van der Waals surface area contributed by atoms with Gasteiger partial charge >= 0.3 is 6.09 Å². The Kier molecular flexibility index (Phi) is 1.24. The van der Waals surface area contributed by atoms with Gasteiger partial charge in [-0.1, -0.05) is 0 Å². The zero-order valence-corrected chi connectivity index (χ0v) is 10.9. The average Bonchev–Trinajstić information content (AvgIpc) is 2.27. The molecule has 6 aliphatic rings. The quantitative estimate of drug-likeness (QED) is 0.767. The van der Waals surface area contributed by atoms with Crippen molar-refractivity contribution in [1.82, 2.24) is 5.32 Å². The molecule has 98 valence electrons. The van der Waals surface area contributed by atoms with E-state index in [0.717, 1.165) is 17.8 Å². The number of amides is 1. The van der Waals surface area contributed by atoms with Crippen LogP contribution >= 0.6 is 0 Å². The number of hydrogen-bond donors (Lipinski definition) is 2. The summed E-state index contributed by atoms with van der Waals surface area (Å²) in [7, 11) is 0. The van der Waals surface area contributed by atoms with Gasteiger partial charge in [-0.3, -0.25) is 0 Å². The molecule has 1 amide bonds. The van der Waals surface area contributed by atoms with Crippen LogP contribution in [-0.4, -0.2) is 28.9 Å². The molecular formula is C14H19NO3. The largest absolute Gasteiger partial charge is 0.444 e. The molecule has 0 saturated heterocycles. The third kappa shape index (κ3) is 0.591. The summed E-state index contributed by atoms with van der Waals surface area (Å²) in [5, 5.41) is 12.7. The summed E-state index contributed by atoms with van der Waals surface area (Å²) < 4.78 is 5.37. The number of aliphatic hydroxyl groups is 1. The molecule has 18 heavy (non-hydrogen) atoms. The molecule has 0 spiro atoms. The Bertz CT molecular complexity index is 438. The van der Waals surface area contributed by atoms with Crippen LogP contribution in [-0.2, 0) is 4.74 Å². The zero-order chi connectivity index (χ0) is 12.7. The van der Waals surface area contributed by atoms with E-state index in [1.165, 1.54) is 0 Å². The van der Waals surface area contributed by atoms with Crippen LogP contribution in [0.1, 0.15) is 20.8 Å². The summed E-state index contributed by atoms with van der Waals surface area (Å²) in [4.78, 5) is 11.9. The van der Waals surface area contributed by atoms with E-state index in [1.807, 2.05) is 20.8 Å². The molecule has 6 saturated carbocycles. The molecular weight excluding hydrogens is 230 g/mol. The number of aliphatic hydroxyl groups excluding tert-OH is 1. The van der Waals surface area contributed by atoms with Gasteiger partial charge in [0.2, 0.25) is 0 Å². The highest BCUT2D eigenvalue weighted by atomic mass is 16.6. The maximum absolute atomic E-state index is 11.9. The van der Waals surface area contributed by atoms with E-state index >= 15 is 0 Å². The van der Waals surface area contributed by atoms with Gasteiger partial charge in [0.1, 0.15) is 5.60 Å². The van der Waals surface area contributed by atoms with Gasteiger partial charge in [-0.2, -0.15) is 0 Å². The molecule has 0 atom stereocenters. The standard InChI is InChI=1S/C14H19NO3/c1-12(2,3)18-11(17)15-14-8-5-9(14)7-10(14)6(8)13(5,7)4-16/h5-10,16H,4H2,1-3H3,(H,15,17). The average molecular weight is 249 g/mol.